The van der Waals surface area contributed by atoms with Gasteiger partial charge in [-0.2, -0.15) is 0 Å². The van der Waals surface area contributed by atoms with Crippen LogP contribution >= 0.6 is 0 Å². The Labute approximate surface area is 86.0 Å². The molecular weight excluding hydrogens is 178 g/mol. The lowest BCUT2D eigenvalue weighted by Gasteiger charge is -2.35. The highest BCUT2D eigenvalue weighted by Gasteiger charge is 2.25. The fourth-order valence-electron chi connectivity index (χ4n) is 1.97. The van der Waals surface area contributed by atoms with Gasteiger partial charge in [-0.15, -0.1) is 0 Å². The molecule has 0 aromatic carbocycles. The molecule has 0 aliphatic carbocycles. The van der Waals surface area contributed by atoms with Gasteiger partial charge in [0.1, 0.15) is 0 Å². The number of urea groups is 1. The monoisotopic (exact) mass is 199 g/mol. The number of hydrogen-bond donors (Lipinski definition) is 2. The molecule has 0 bridgehead atoms. The highest BCUT2D eigenvalue weighted by Crippen LogP contribution is 2.16. The van der Waals surface area contributed by atoms with Crippen LogP contribution in [0.5, 0.6) is 0 Å². The van der Waals surface area contributed by atoms with Gasteiger partial charge in [-0.05, 0) is 33.2 Å². The number of likely N-dealkylation sites (tertiary alicyclic amines) is 1. The third-order valence-electron chi connectivity index (χ3n) is 2.66. The summed E-state index contributed by atoms with van der Waals surface area (Å²) in [6.45, 7) is 4.46. The van der Waals surface area contributed by atoms with Gasteiger partial charge in [0.15, 0.2) is 0 Å². The van der Waals surface area contributed by atoms with Gasteiger partial charge in [-0.1, -0.05) is 0 Å². The number of likely N-dealkylation sites (N-methyl/N-ethyl adjacent to an activating group) is 1. The summed E-state index contributed by atoms with van der Waals surface area (Å²) in [5.41, 5.74) is 0. The summed E-state index contributed by atoms with van der Waals surface area (Å²) in [4.78, 5) is 13.6. The Balaban J connectivity index is 2.48. The van der Waals surface area contributed by atoms with E-state index in [2.05, 4.69) is 10.6 Å². The second-order valence-electron chi connectivity index (χ2n) is 3.74. The zero-order chi connectivity index (χ0) is 10.4. The lowest BCUT2D eigenvalue weighted by molar-refractivity contribution is 0.151. The predicted molar refractivity (Wildman–Crippen MR) is 57.3 cm³/mol. The normalized spacial score (nSPS) is 22.1. The summed E-state index contributed by atoms with van der Waals surface area (Å²) in [7, 11) is 1.94. The van der Waals surface area contributed by atoms with Crippen molar-refractivity contribution in [1.82, 2.24) is 15.5 Å². The molecule has 14 heavy (non-hydrogen) atoms. The fraction of sp³-hybridized carbons (Fsp3) is 0.900. The molecule has 1 aliphatic heterocycles. The maximum Gasteiger partial charge on any atom is 0.317 e. The van der Waals surface area contributed by atoms with Crippen molar-refractivity contribution in [3.8, 4) is 0 Å². The van der Waals surface area contributed by atoms with E-state index >= 15 is 0 Å². The van der Waals surface area contributed by atoms with Gasteiger partial charge in [0.25, 0.3) is 0 Å². The summed E-state index contributed by atoms with van der Waals surface area (Å²) >= 11 is 0. The summed E-state index contributed by atoms with van der Waals surface area (Å²) < 4.78 is 0. The average molecular weight is 199 g/mol. The van der Waals surface area contributed by atoms with E-state index in [-0.39, 0.29) is 6.03 Å². The molecule has 2 amide bonds. The number of hydrogen-bond acceptors (Lipinski definition) is 2. The number of nitrogens with zero attached hydrogens (tertiary/aromatic N) is 1. The Bertz CT molecular complexity index is 182. The molecule has 1 unspecified atom stereocenters. The molecule has 0 saturated carbocycles. The first-order chi connectivity index (χ1) is 6.79. The Morgan fingerprint density at radius 2 is 2.29 bits per heavy atom. The highest BCUT2D eigenvalue weighted by atomic mass is 16.2. The van der Waals surface area contributed by atoms with Crippen LogP contribution in [0.3, 0.4) is 0 Å². The third-order valence-corrected chi connectivity index (χ3v) is 2.66. The molecule has 0 radical (unpaired) electrons. The Morgan fingerprint density at radius 3 is 2.93 bits per heavy atom. The zero-order valence-electron chi connectivity index (χ0n) is 9.18. The van der Waals surface area contributed by atoms with Crippen molar-refractivity contribution in [1.29, 1.82) is 0 Å². The van der Waals surface area contributed by atoms with E-state index in [9.17, 15) is 4.79 Å². The molecule has 1 fully saturated rings. The highest BCUT2D eigenvalue weighted by molar-refractivity contribution is 5.74. The van der Waals surface area contributed by atoms with Gasteiger partial charge in [0, 0.05) is 25.7 Å². The number of carbonyl (C=O) groups excluding carboxylic acids is 1. The number of rotatable bonds is 3. The van der Waals surface area contributed by atoms with Crippen LogP contribution in [0.4, 0.5) is 4.79 Å². The van der Waals surface area contributed by atoms with Gasteiger partial charge in [-0.3, -0.25) is 0 Å². The second-order valence-corrected chi connectivity index (χ2v) is 3.74. The van der Waals surface area contributed by atoms with Crippen LogP contribution in [-0.4, -0.2) is 43.7 Å². The molecule has 0 spiro atoms. The van der Waals surface area contributed by atoms with Crippen molar-refractivity contribution in [2.45, 2.75) is 32.2 Å². The Kier molecular flexibility index (Phi) is 4.73. The maximum atomic E-state index is 11.7. The molecule has 0 aromatic heterocycles. The van der Waals surface area contributed by atoms with Crippen LogP contribution in [0.1, 0.15) is 26.2 Å². The van der Waals surface area contributed by atoms with Gasteiger partial charge in [-0.25, -0.2) is 4.79 Å². The van der Waals surface area contributed by atoms with Crippen molar-refractivity contribution in [3.05, 3.63) is 0 Å². The van der Waals surface area contributed by atoms with E-state index in [1.807, 2.05) is 18.9 Å². The summed E-state index contributed by atoms with van der Waals surface area (Å²) in [6.07, 6.45) is 3.50. The topological polar surface area (TPSA) is 44.4 Å². The van der Waals surface area contributed by atoms with Crippen molar-refractivity contribution in [2.75, 3.05) is 26.7 Å². The number of nitrogens with one attached hydrogen (secondary N) is 2. The molecule has 0 aromatic rings. The largest absolute Gasteiger partial charge is 0.338 e. The molecule has 1 heterocycles. The minimum absolute atomic E-state index is 0.0902. The molecule has 1 rings (SSSR count). The Morgan fingerprint density at radius 1 is 1.50 bits per heavy atom. The van der Waals surface area contributed by atoms with Gasteiger partial charge in [0.05, 0.1) is 0 Å². The predicted octanol–water partition coefficient (Wildman–Crippen LogP) is 0.790. The summed E-state index contributed by atoms with van der Waals surface area (Å²) in [5.74, 6) is 0. The standard InChI is InChI=1S/C10H21N3O/c1-3-12-10(14)13-7-5-4-6-9(13)8-11-2/h9,11H,3-8H2,1-2H3,(H,12,14). The second kappa shape index (κ2) is 5.86. The van der Waals surface area contributed by atoms with Crippen LogP contribution < -0.4 is 10.6 Å². The quantitative estimate of drug-likeness (QED) is 0.706. The number of amides is 2. The lowest BCUT2D eigenvalue weighted by atomic mass is 10.0. The van der Waals surface area contributed by atoms with E-state index in [0.29, 0.717) is 12.6 Å². The molecule has 82 valence electrons. The van der Waals surface area contributed by atoms with Gasteiger partial charge >= 0.3 is 6.03 Å². The first kappa shape index (κ1) is 11.3. The molecule has 1 saturated heterocycles. The third kappa shape index (κ3) is 2.87. The first-order valence-corrected chi connectivity index (χ1v) is 5.48. The molecule has 1 atom stereocenters. The lowest BCUT2D eigenvalue weighted by Crippen LogP contribution is -2.51. The van der Waals surface area contributed by atoms with Crippen LogP contribution in [0, 0.1) is 0 Å². The number of carbonyl (C=O) groups is 1. The van der Waals surface area contributed by atoms with Crippen molar-refractivity contribution >= 4 is 6.03 Å². The molecule has 2 N–H and O–H groups in total. The van der Waals surface area contributed by atoms with Crippen LogP contribution in [0.25, 0.3) is 0 Å². The van der Waals surface area contributed by atoms with E-state index in [1.165, 1.54) is 6.42 Å². The molecule has 1 aliphatic rings. The van der Waals surface area contributed by atoms with Crippen molar-refractivity contribution < 1.29 is 4.79 Å². The van der Waals surface area contributed by atoms with Crippen LogP contribution in [0.15, 0.2) is 0 Å². The molecular formula is C10H21N3O. The minimum atomic E-state index is 0.0902. The fourth-order valence-corrected chi connectivity index (χ4v) is 1.97. The SMILES string of the molecule is CCNC(=O)N1CCCCC1CNC. The minimum Gasteiger partial charge on any atom is -0.338 e. The number of piperidine rings is 1. The van der Waals surface area contributed by atoms with E-state index < -0.39 is 0 Å². The van der Waals surface area contributed by atoms with Crippen molar-refractivity contribution in [2.24, 2.45) is 0 Å². The van der Waals surface area contributed by atoms with Gasteiger partial charge < -0.3 is 15.5 Å². The first-order valence-electron chi connectivity index (χ1n) is 5.48. The van der Waals surface area contributed by atoms with Crippen LogP contribution in [0.2, 0.25) is 0 Å². The zero-order valence-corrected chi connectivity index (χ0v) is 9.18. The smallest absolute Gasteiger partial charge is 0.317 e. The maximum absolute atomic E-state index is 11.7. The summed E-state index contributed by atoms with van der Waals surface area (Å²) in [5, 5.41) is 6.01. The van der Waals surface area contributed by atoms with E-state index in [4.69, 9.17) is 0 Å². The van der Waals surface area contributed by atoms with Gasteiger partial charge in [0.2, 0.25) is 0 Å². The average Bonchev–Trinajstić information content (AvgIpc) is 2.19. The summed E-state index contributed by atoms with van der Waals surface area (Å²) in [6, 6.07) is 0.466. The van der Waals surface area contributed by atoms with E-state index in [0.717, 1.165) is 25.9 Å². The molecule has 4 nitrogen and oxygen atoms in total. The Hall–Kier alpha value is -0.770. The van der Waals surface area contributed by atoms with E-state index in [1.54, 1.807) is 0 Å². The van der Waals surface area contributed by atoms with Crippen LogP contribution in [-0.2, 0) is 0 Å². The van der Waals surface area contributed by atoms with Crippen molar-refractivity contribution in [3.63, 3.8) is 0 Å². The molecule has 4 heteroatoms.